The molecule has 0 spiro atoms. The summed E-state index contributed by atoms with van der Waals surface area (Å²) in [6.45, 7) is 5.27. The van der Waals surface area contributed by atoms with Crippen LogP contribution < -0.4 is 10.1 Å². The zero-order chi connectivity index (χ0) is 10.1. The van der Waals surface area contributed by atoms with Crippen LogP contribution in [0, 0.1) is 0 Å². The van der Waals surface area contributed by atoms with Gasteiger partial charge in [0, 0.05) is 31.7 Å². The molecule has 0 aromatic heterocycles. The summed E-state index contributed by atoms with van der Waals surface area (Å²) < 4.78 is 5.70. The van der Waals surface area contributed by atoms with Crippen LogP contribution >= 0.6 is 0 Å². The van der Waals surface area contributed by atoms with Gasteiger partial charge in [0.25, 0.3) is 0 Å². The number of hydrogen-bond acceptors (Lipinski definition) is 3. The van der Waals surface area contributed by atoms with Crippen molar-refractivity contribution in [3.63, 3.8) is 0 Å². The Morgan fingerprint density at radius 1 is 1.20 bits per heavy atom. The predicted molar refractivity (Wildman–Crippen MR) is 59.1 cm³/mol. The molecule has 1 unspecified atom stereocenters. The summed E-state index contributed by atoms with van der Waals surface area (Å²) in [7, 11) is 0. The molecule has 0 saturated carbocycles. The van der Waals surface area contributed by atoms with E-state index in [0.717, 1.165) is 38.5 Å². The van der Waals surface area contributed by atoms with E-state index < -0.39 is 0 Å². The van der Waals surface area contributed by atoms with Gasteiger partial charge in [0.2, 0.25) is 0 Å². The van der Waals surface area contributed by atoms with E-state index in [0.29, 0.717) is 6.04 Å². The van der Waals surface area contributed by atoms with Gasteiger partial charge in [-0.3, -0.25) is 4.90 Å². The fourth-order valence-electron chi connectivity index (χ4n) is 2.44. The van der Waals surface area contributed by atoms with Gasteiger partial charge in [-0.2, -0.15) is 0 Å². The number of hydrogen-bond donors (Lipinski definition) is 1. The average molecular weight is 204 g/mol. The maximum Gasteiger partial charge on any atom is 0.124 e. The lowest BCUT2D eigenvalue weighted by Gasteiger charge is -2.31. The van der Waals surface area contributed by atoms with Crippen LogP contribution in [0.5, 0.6) is 5.75 Å². The van der Waals surface area contributed by atoms with E-state index in [9.17, 15) is 0 Å². The van der Waals surface area contributed by atoms with Crippen LogP contribution in [0.25, 0.3) is 0 Å². The smallest absolute Gasteiger partial charge is 0.124 e. The summed E-state index contributed by atoms with van der Waals surface area (Å²) in [5.41, 5.74) is 1.36. The number of nitrogens with zero attached hydrogens (tertiary/aromatic N) is 1. The second-order valence-electron chi connectivity index (χ2n) is 4.15. The van der Waals surface area contributed by atoms with E-state index >= 15 is 0 Å². The first kappa shape index (κ1) is 9.19. The molecule has 2 aliphatic heterocycles. The number of nitrogens with one attached hydrogen (secondary N) is 1. The fourth-order valence-corrected chi connectivity index (χ4v) is 2.44. The Kier molecular flexibility index (Phi) is 2.35. The first-order valence-electron chi connectivity index (χ1n) is 5.61. The SMILES string of the molecule is c1ccc2c(c1)OCC2N1CCNCC1. The quantitative estimate of drug-likeness (QED) is 0.739. The molecule has 3 nitrogen and oxygen atoms in total. The molecular formula is C12H16N2O. The summed E-state index contributed by atoms with van der Waals surface area (Å²) in [6, 6.07) is 8.87. The highest BCUT2D eigenvalue weighted by Gasteiger charge is 2.29. The van der Waals surface area contributed by atoms with Gasteiger partial charge in [-0.25, -0.2) is 0 Å². The van der Waals surface area contributed by atoms with Crippen LogP contribution in [-0.4, -0.2) is 37.7 Å². The third kappa shape index (κ3) is 1.62. The molecule has 0 amide bonds. The van der Waals surface area contributed by atoms with E-state index in [1.54, 1.807) is 0 Å². The summed E-state index contributed by atoms with van der Waals surface area (Å²) in [5.74, 6) is 1.07. The van der Waals surface area contributed by atoms with Gasteiger partial charge in [-0.1, -0.05) is 18.2 Å². The average Bonchev–Trinajstić information content (AvgIpc) is 2.74. The van der Waals surface area contributed by atoms with Gasteiger partial charge in [-0.05, 0) is 6.07 Å². The molecule has 1 fully saturated rings. The number of piperazine rings is 1. The Morgan fingerprint density at radius 2 is 2.00 bits per heavy atom. The lowest BCUT2D eigenvalue weighted by molar-refractivity contribution is 0.146. The molecule has 15 heavy (non-hydrogen) atoms. The monoisotopic (exact) mass is 204 g/mol. The number of para-hydroxylation sites is 1. The van der Waals surface area contributed by atoms with Crippen molar-refractivity contribution in [3.05, 3.63) is 29.8 Å². The first-order chi connectivity index (χ1) is 7.45. The Hall–Kier alpha value is -1.06. The maximum atomic E-state index is 5.70. The normalized spacial score (nSPS) is 26.0. The maximum absolute atomic E-state index is 5.70. The van der Waals surface area contributed by atoms with E-state index in [-0.39, 0.29) is 0 Å². The van der Waals surface area contributed by atoms with Crippen LogP contribution in [0.15, 0.2) is 24.3 Å². The third-order valence-electron chi connectivity index (χ3n) is 3.27. The van der Waals surface area contributed by atoms with Gasteiger partial charge in [-0.15, -0.1) is 0 Å². The second-order valence-corrected chi connectivity index (χ2v) is 4.15. The molecule has 2 heterocycles. The van der Waals surface area contributed by atoms with Crippen molar-refractivity contribution in [2.75, 3.05) is 32.8 Å². The highest BCUT2D eigenvalue weighted by molar-refractivity contribution is 5.39. The Labute approximate surface area is 90.0 Å². The summed E-state index contributed by atoms with van der Waals surface area (Å²) >= 11 is 0. The molecule has 2 aliphatic rings. The topological polar surface area (TPSA) is 24.5 Å². The molecule has 0 radical (unpaired) electrons. The van der Waals surface area contributed by atoms with Gasteiger partial charge in [0.15, 0.2) is 0 Å². The van der Waals surface area contributed by atoms with Crippen molar-refractivity contribution in [2.45, 2.75) is 6.04 Å². The minimum Gasteiger partial charge on any atom is -0.491 e. The first-order valence-corrected chi connectivity index (χ1v) is 5.61. The highest BCUT2D eigenvalue weighted by Crippen LogP contribution is 2.35. The molecule has 80 valence electrons. The highest BCUT2D eigenvalue weighted by atomic mass is 16.5. The Morgan fingerprint density at radius 3 is 2.87 bits per heavy atom. The summed E-state index contributed by atoms with van der Waals surface area (Å²) in [4.78, 5) is 2.52. The number of rotatable bonds is 1. The van der Waals surface area contributed by atoms with E-state index in [1.807, 2.05) is 6.07 Å². The van der Waals surface area contributed by atoms with Crippen LogP contribution in [0.1, 0.15) is 11.6 Å². The number of ether oxygens (including phenoxy) is 1. The van der Waals surface area contributed by atoms with Crippen LogP contribution in [0.4, 0.5) is 0 Å². The van der Waals surface area contributed by atoms with Crippen LogP contribution in [-0.2, 0) is 0 Å². The van der Waals surface area contributed by atoms with Crippen molar-refractivity contribution in [1.29, 1.82) is 0 Å². The second kappa shape index (κ2) is 3.83. The molecule has 3 heteroatoms. The van der Waals surface area contributed by atoms with E-state index in [2.05, 4.69) is 28.4 Å². The van der Waals surface area contributed by atoms with Crippen molar-refractivity contribution in [1.82, 2.24) is 10.2 Å². The molecule has 1 saturated heterocycles. The number of benzene rings is 1. The van der Waals surface area contributed by atoms with Crippen LogP contribution in [0.3, 0.4) is 0 Å². The standard InChI is InChI=1S/C12H16N2O/c1-2-4-12-10(3-1)11(9-15-12)14-7-5-13-6-8-14/h1-4,11,13H,5-9H2. The molecule has 0 aliphatic carbocycles. The Bertz CT molecular complexity index is 347. The van der Waals surface area contributed by atoms with E-state index in [4.69, 9.17) is 4.74 Å². The predicted octanol–water partition coefficient (Wildman–Crippen LogP) is 1.03. The Balaban J connectivity index is 1.83. The van der Waals surface area contributed by atoms with Crippen molar-refractivity contribution in [3.8, 4) is 5.75 Å². The van der Waals surface area contributed by atoms with Crippen LogP contribution in [0.2, 0.25) is 0 Å². The van der Waals surface area contributed by atoms with Crippen molar-refractivity contribution >= 4 is 0 Å². The van der Waals surface area contributed by atoms with E-state index in [1.165, 1.54) is 5.56 Å². The largest absolute Gasteiger partial charge is 0.491 e. The van der Waals surface area contributed by atoms with Crippen molar-refractivity contribution in [2.24, 2.45) is 0 Å². The summed E-state index contributed by atoms with van der Waals surface area (Å²) in [6.07, 6.45) is 0. The van der Waals surface area contributed by atoms with Gasteiger partial charge in [0.1, 0.15) is 12.4 Å². The minimum atomic E-state index is 0.475. The third-order valence-corrected chi connectivity index (χ3v) is 3.27. The number of fused-ring (bicyclic) bond motifs is 1. The lowest BCUT2D eigenvalue weighted by atomic mass is 10.1. The minimum absolute atomic E-state index is 0.475. The van der Waals surface area contributed by atoms with Gasteiger partial charge in [0.05, 0.1) is 6.04 Å². The van der Waals surface area contributed by atoms with Gasteiger partial charge >= 0.3 is 0 Å². The molecule has 3 rings (SSSR count). The van der Waals surface area contributed by atoms with Crippen molar-refractivity contribution < 1.29 is 4.74 Å². The molecule has 1 N–H and O–H groups in total. The zero-order valence-electron chi connectivity index (χ0n) is 8.78. The molecule has 1 atom stereocenters. The molecule has 0 bridgehead atoms. The fraction of sp³-hybridized carbons (Fsp3) is 0.500. The molecule has 1 aromatic carbocycles. The zero-order valence-corrected chi connectivity index (χ0v) is 8.78. The lowest BCUT2D eigenvalue weighted by Crippen LogP contribution is -2.45. The van der Waals surface area contributed by atoms with Gasteiger partial charge < -0.3 is 10.1 Å². The molecule has 1 aromatic rings. The molecular weight excluding hydrogens is 188 g/mol. The summed E-state index contributed by atoms with van der Waals surface area (Å²) in [5, 5.41) is 3.38.